The maximum Gasteiger partial charge on any atom is 0.131 e. The van der Waals surface area contributed by atoms with E-state index >= 15 is 0 Å². The molecule has 4 nitrogen and oxygen atoms in total. The number of hydrogen-bond acceptors (Lipinski definition) is 4. The van der Waals surface area contributed by atoms with Crippen molar-refractivity contribution in [2.45, 2.75) is 26.9 Å². The van der Waals surface area contributed by atoms with Gasteiger partial charge in [0.25, 0.3) is 0 Å². The molecule has 0 amide bonds. The second-order valence-electron chi connectivity index (χ2n) is 3.38. The molecule has 1 aliphatic heterocycles. The van der Waals surface area contributed by atoms with E-state index in [0.717, 1.165) is 36.7 Å². The van der Waals surface area contributed by atoms with Crippen LogP contribution in [0.4, 0.5) is 5.82 Å². The molecule has 0 aliphatic carbocycles. The number of nitrogen functional groups attached to an aromatic ring is 1. The van der Waals surface area contributed by atoms with Crippen LogP contribution in [0.15, 0.2) is 0 Å². The summed E-state index contributed by atoms with van der Waals surface area (Å²) in [6.07, 6.45) is 0. The highest BCUT2D eigenvalue weighted by Crippen LogP contribution is 2.24. The molecule has 0 aromatic carbocycles. The summed E-state index contributed by atoms with van der Waals surface area (Å²) in [6, 6.07) is 0. The molecular formula is C9H14N4. The highest BCUT2D eigenvalue weighted by molar-refractivity contribution is 5.44. The van der Waals surface area contributed by atoms with Gasteiger partial charge in [0.2, 0.25) is 0 Å². The smallest absolute Gasteiger partial charge is 0.131 e. The van der Waals surface area contributed by atoms with Crippen molar-refractivity contribution < 1.29 is 0 Å². The molecule has 13 heavy (non-hydrogen) atoms. The van der Waals surface area contributed by atoms with Gasteiger partial charge in [0, 0.05) is 18.7 Å². The summed E-state index contributed by atoms with van der Waals surface area (Å²) in [5.74, 6) is 1.42. The Labute approximate surface area is 77.8 Å². The molecule has 2 rings (SSSR count). The Morgan fingerprint density at radius 3 is 2.85 bits per heavy atom. The van der Waals surface area contributed by atoms with Gasteiger partial charge in [0.1, 0.15) is 11.6 Å². The highest BCUT2D eigenvalue weighted by Gasteiger charge is 2.21. The van der Waals surface area contributed by atoms with Crippen molar-refractivity contribution in [3.05, 3.63) is 17.1 Å². The third-order valence-electron chi connectivity index (χ3n) is 2.44. The lowest BCUT2D eigenvalue weighted by atomic mass is 10.2. The van der Waals surface area contributed by atoms with Crippen molar-refractivity contribution in [2.24, 2.45) is 0 Å². The van der Waals surface area contributed by atoms with E-state index in [1.54, 1.807) is 0 Å². The van der Waals surface area contributed by atoms with Crippen LogP contribution >= 0.6 is 0 Å². The van der Waals surface area contributed by atoms with Gasteiger partial charge in [-0.05, 0) is 13.5 Å². The van der Waals surface area contributed by atoms with Crippen LogP contribution in [0.25, 0.3) is 0 Å². The molecule has 1 aromatic heterocycles. The molecule has 0 spiro atoms. The van der Waals surface area contributed by atoms with E-state index in [1.165, 1.54) is 0 Å². The largest absolute Gasteiger partial charge is 0.383 e. The Morgan fingerprint density at radius 1 is 1.38 bits per heavy atom. The summed E-state index contributed by atoms with van der Waals surface area (Å²) >= 11 is 0. The standard InChI is InChI=1S/C9H14N4/c1-3-13-4-7-8(5-13)11-6(2)12-9(7)10/h3-5H2,1-2H3,(H2,10,11,12). The van der Waals surface area contributed by atoms with Crippen molar-refractivity contribution >= 4 is 5.82 Å². The fraction of sp³-hybridized carbons (Fsp3) is 0.556. The number of fused-ring (bicyclic) bond motifs is 1. The van der Waals surface area contributed by atoms with Crippen LogP contribution in [0.5, 0.6) is 0 Å². The Bertz CT molecular complexity index is 335. The second-order valence-corrected chi connectivity index (χ2v) is 3.38. The van der Waals surface area contributed by atoms with E-state index in [2.05, 4.69) is 21.8 Å². The fourth-order valence-corrected chi connectivity index (χ4v) is 1.70. The van der Waals surface area contributed by atoms with E-state index in [4.69, 9.17) is 5.73 Å². The Morgan fingerprint density at radius 2 is 2.15 bits per heavy atom. The molecule has 70 valence electrons. The summed E-state index contributed by atoms with van der Waals surface area (Å²) in [5, 5.41) is 0. The number of anilines is 1. The average Bonchev–Trinajstić information content (AvgIpc) is 2.47. The zero-order chi connectivity index (χ0) is 9.42. The molecule has 1 aromatic rings. The van der Waals surface area contributed by atoms with Crippen molar-refractivity contribution in [2.75, 3.05) is 12.3 Å². The summed E-state index contributed by atoms with van der Waals surface area (Å²) in [6.45, 7) is 6.87. The number of aryl methyl sites for hydroxylation is 1. The van der Waals surface area contributed by atoms with Crippen LogP contribution < -0.4 is 5.73 Å². The van der Waals surface area contributed by atoms with Crippen LogP contribution in [0, 0.1) is 6.92 Å². The number of nitrogens with two attached hydrogens (primary N) is 1. The lowest BCUT2D eigenvalue weighted by Crippen LogP contribution is -2.15. The fourth-order valence-electron chi connectivity index (χ4n) is 1.70. The Kier molecular flexibility index (Phi) is 1.92. The minimum absolute atomic E-state index is 0.651. The van der Waals surface area contributed by atoms with E-state index in [0.29, 0.717) is 5.82 Å². The third-order valence-corrected chi connectivity index (χ3v) is 2.44. The Hall–Kier alpha value is -1.16. The summed E-state index contributed by atoms with van der Waals surface area (Å²) in [5.41, 5.74) is 8.03. The Balaban J connectivity index is 2.40. The minimum Gasteiger partial charge on any atom is -0.383 e. The van der Waals surface area contributed by atoms with Crippen molar-refractivity contribution in [3.8, 4) is 0 Å². The van der Waals surface area contributed by atoms with Gasteiger partial charge in [-0.15, -0.1) is 0 Å². The van der Waals surface area contributed by atoms with Gasteiger partial charge in [-0.2, -0.15) is 0 Å². The van der Waals surface area contributed by atoms with Crippen molar-refractivity contribution in [1.82, 2.24) is 14.9 Å². The molecule has 1 aliphatic rings. The number of aromatic nitrogens is 2. The van der Waals surface area contributed by atoms with Gasteiger partial charge in [-0.25, -0.2) is 9.97 Å². The van der Waals surface area contributed by atoms with E-state index in [-0.39, 0.29) is 0 Å². The molecule has 0 unspecified atom stereocenters. The minimum atomic E-state index is 0.651. The first kappa shape index (κ1) is 8.44. The lowest BCUT2D eigenvalue weighted by molar-refractivity contribution is 0.299. The lowest BCUT2D eigenvalue weighted by Gasteiger charge is -2.09. The number of nitrogens with zero attached hydrogens (tertiary/aromatic N) is 3. The van der Waals surface area contributed by atoms with Crippen molar-refractivity contribution in [1.29, 1.82) is 0 Å². The second kappa shape index (κ2) is 2.96. The first-order valence-electron chi connectivity index (χ1n) is 4.55. The van der Waals surface area contributed by atoms with Gasteiger partial charge in [-0.1, -0.05) is 6.92 Å². The molecule has 2 N–H and O–H groups in total. The van der Waals surface area contributed by atoms with Gasteiger partial charge in [0.15, 0.2) is 0 Å². The average molecular weight is 178 g/mol. The molecule has 0 saturated heterocycles. The van der Waals surface area contributed by atoms with E-state index in [1.807, 2.05) is 6.92 Å². The first-order valence-corrected chi connectivity index (χ1v) is 4.55. The zero-order valence-electron chi connectivity index (χ0n) is 8.04. The van der Waals surface area contributed by atoms with Crippen LogP contribution in [0.2, 0.25) is 0 Å². The van der Waals surface area contributed by atoms with E-state index in [9.17, 15) is 0 Å². The molecule has 0 atom stereocenters. The number of rotatable bonds is 1. The van der Waals surface area contributed by atoms with Gasteiger partial charge >= 0.3 is 0 Å². The maximum atomic E-state index is 5.81. The molecule has 4 heteroatoms. The third kappa shape index (κ3) is 1.37. The predicted octanol–water partition coefficient (Wildman–Crippen LogP) is 0.703. The first-order chi connectivity index (χ1) is 6.20. The molecular weight excluding hydrogens is 164 g/mol. The normalized spacial score (nSPS) is 16.2. The zero-order valence-corrected chi connectivity index (χ0v) is 8.04. The quantitative estimate of drug-likeness (QED) is 0.688. The van der Waals surface area contributed by atoms with Crippen LogP contribution in [-0.2, 0) is 13.1 Å². The molecule has 0 fully saturated rings. The summed E-state index contributed by atoms with van der Waals surface area (Å²) < 4.78 is 0. The van der Waals surface area contributed by atoms with Crippen LogP contribution in [0.3, 0.4) is 0 Å². The predicted molar refractivity (Wildman–Crippen MR) is 51.0 cm³/mol. The topological polar surface area (TPSA) is 55.0 Å². The van der Waals surface area contributed by atoms with E-state index < -0.39 is 0 Å². The summed E-state index contributed by atoms with van der Waals surface area (Å²) in [7, 11) is 0. The van der Waals surface area contributed by atoms with Gasteiger partial charge in [0.05, 0.1) is 5.69 Å². The molecule has 0 bridgehead atoms. The van der Waals surface area contributed by atoms with Crippen molar-refractivity contribution in [3.63, 3.8) is 0 Å². The van der Waals surface area contributed by atoms with Crippen LogP contribution in [-0.4, -0.2) is 21.4 Å². The summed E-state index contributed by atoms with van der Waals surface area (Å²) in [4.78, 5) is 10.8. The molecule has 0 radical (unpaired) electrons. The SMILES string of the molecule is CCN1Cc2nc(C)nc(N)c2C1. The number of hydrogen-bond donors (Lipinski definition) is 1. The maximum absolute atomic E-state index is 5.81. The van der Waals surface area contributed by atoms with Gasteiger partial charge < -0.3 is 5.73 Å². The monoisotopic (exact) mass is 178 g/mol. The molecule has 0 saturated carbocycles. The highest BCUT2D eigenvalue weighted by atomic mass is 15.2. The molecule has 2 heterocycles. The van der Waals surface area contributed by atoms with Crippen LogP contribution in [0.1, 0.15) is 24.0 Å². The van der Waals surface area contributed by atoms with Gasteiger partial charge in [-0.3, -0.25) is 4.90 Å².